The molecule has 2 amide bonds. The first-order valence-corrected chi connectivity index (χ1v) is 12.8. The molecule has 1 aromatic heterocycles. The van der Waals surface area contributed by atoms with Crippen LogP contribution in [-0.4, -0.2) is 90.3 Å². The number of aliphatic hydroxyl groups excluding tert-OH is 1. The minimum Gasteiger partial charge on any atom is -0.394 e. The minimum absolute atomic E-state index is 0.0342. The van der Waals surface area contributed by atoms with Gasteiger partial charge in [-0.3, -0.25) is 19.4 Å². The standard InChI is InChI=1S/C26H30N4O4S/c1-18-2-7-21-23(16-18)35-25(27-21)19-3-5-20(6-4-19)30-24(32)17-22(26(30)33)29-10-8-28(9-11-29)12-14-34-15-13-31/h2-7,16,22,31H,8-15,17H2,1H3/t22-/m1/s1. The lowest BCUT2D eigenvalue weighted by Crippen LogP contribution is -2.53. The van der Waals surface area contributed by atoms with Crippen LogP contribution in [0.15, 0.2) is 42.5 Å². The van der Waals surface area contributed by atoms with Crippen molar-refractivity contribution in [2.24, 2.45) is 0 Å². The van der Waals surface area contributed by atoms with Crippen LogP contribution in [0.3, 0.4) is 0 Å². The zero-order valence-corrected chi connectivity index (χ0v) is 20.7. The van der Waals surface area contributed by atoms with E-state index in [1.807, 2.05) is 30.3 Å². The number of rotatable bonds is 8. The Morgan fingerprint density at radius 2 is 1.83 bits per heavy atom. The van der Waals surface area contributed by atoms with Crippen molar-refractivity contribution in [2.75, 3.05) is 57.4 Å². The summed E-state index contributed by atoms with van der Waals surface area (Å²) < 4.78 is 6.50. The third-order valence-corrected chi connectivity index (χ3v) is 7.74. The highest BCUT2D eigenvalue weighted by Gasteiger charge is 2.43. The number of aromatic nitrogens is 1. The maximum Gasteiger partial charge on any atom is 0.251 e. The topological polar surface area (TPSA) is 86.2 Å². The first-order valence-electron chi connectivity index (χ1n) is 12.0. The summed E-state index contributed by atoms with van der Waals surface area (Å²) in [5.41, 5.74) is 3.77. The molecule has 3 heterocycles. The summed E-state index contributed by atoms with van der Waals surface area (Å²) in [4.78, 5) is 36.6. The third-order valence-electron chi connectivity index (χ3n) is 6.67. The van der Waals surface area contributed by atoms with Gasteiger partial charge in [0.05, 0.1) is 48.2 Å². The molecule has 1 atom stereocenters. The number of aryl methyl sites for hydroxylation is 1. The van der Waals surface area contributed by atoms with Crippen molar-refractivity contribution < 1.29 is 19.4 Å². The number of carbonyl (C=O) groups is 2. The van der Waals surface area contributed by atoms with Crippen LogP contribution in [0.25, 0.3) is 20.8 Å². The van der Waals surface area contributed by atoms with E-state index in [4.69, 9.17) is 14.8 Å². The maximum absolute atomic E-state index is 13.2. The molecule has 35 heavy (non-hydrogen) atoms. The van der Waals surface area contributed by atoms with Crippen molar-refractivity contribution in [3.63, 3.8) is 0 Å². The molecular weight excluding hydrogens is 464 g/mol. The summed E-state index contributed by atoms with van der Waals surface area (Å²) in [6, 6.07) is 13.4. The number of aliphatic hydroxyl groups is 1. The van der Waals surface area contributed by atoms with Gasteiger partial charge < -0.3 is 9.84 Å². The minimum atomic E-state index is -0.400. The predicted molar refractivity (Wildman–Crippen MR) is 137 cm³/mol. The fraction of sp³-hybridized carbons (Fsp3) is 0.423. The number of piperazine rings is 1. The number of amides is 2. The monoisotopic (exact) mass is 494 g/mol. The fourth-order valence-electron chi connectivity index (χ4n) is 4.74. The average molecular weight is 495 g/mol. The molecule has 3 aromatic rings. The van der Waals surface area contributed by atoms with E-state index < -0.39 is 6.04 Å². The van der Waals surface area contributed by atoms with Gasteiger partial charge in [0, 0.05) is 38.3 Å². The Kier molecular flexibility index (Phi) is 7.22. The Bertz CT molecular complexity index is 1200. The van der Waals surface area contributed by atoms with Crippen LogP contribution >= 0.6 is 11.3 Å². The van der Waals surface area contributed by atoms with Crippen LogP contribution in [-0.2, 0) is 14.3 Å². The number of carbonyl (C=O) groups excluding carboxylic acids is 2. The van der Waals surface area contributed by atoms with Crippen molar-refractivity contribution in [1.82, 2.24) is 14.8 Å². The molecule has 9 heteroatoms. The van der Waals surface area contributed by atoms with Gasteiger partial charge in [-0.15, -0.1) is 11.3 Å². The zero-order valence-electron chi connectivity index (χ0n) is 19.9. The molecule has 0 unspecified atom stereocenters. The number of hydrogen-bond acceptors (Lipinski definition) is 8. The van der Waals surface area contributed by atoms with Crippen LogP contribution in [0.2, 0.25) is 0 Å². The molecule has 184 valence electrons. The van der Waals surface area contributed by atoms with E-state index in [2.05, 4.69) is 28.9 Å². The Labute approximate surface area is 208 Å². The Morgan fingerprint density at radius 3 is 2.57 bits per heavy atom. The quantitative estimate of drug-likeness (QED) is 0.380. The fourth-order valence-corrected chi connectivity index (χ4v) is 5.81. The van der Waals surface area contributed by atoms with Crippen molar-refractivity contribution in [1.29, 1.82) is 0 Å². The molecule has 8 nitrogen and oxygen atoms in total. The molecule has 0 aliphatic carbocycles. The molecule has 5 rings (SSSR count). The number of hydrogen-bond donors (Lipinski definition) is 1. The van der Waals surface area contributed by atoms with Crippen molar-refractivity contribution in [3.05, 3.63) is 48.0 Å². The number of imide groups is 1. The van der Waals surface area contributed by atoms with Gasteiger partial charge in [-0.2, -0.15) is 0 Å². The van der Waals surface area contributed by atoms with Crippen molar-refractivity contribution in [3.8, 4) is 10.6 Å². The third kappa shape index (κ3) is 5.14. The summed E-state index contributed by atoms with van der Waals surface area (Å²) in [6.45, 7) is 7.00. The first-order chi connectivity index (χ1) is 17.0. The van der Waals surface area contributed by atoms with E-state index >= 15 is 0 Å². The second kappa shape index (κ2) is 10.5. The van der Waals surface area contributed by atoms with Gasteiger partial charge in [0.25, 0.3) is 5.91 Å². The SMILES string of the molecule is Cc1ccc2nc(-c3ccc(N4C(=O)C[C@@H](N5CCN(CCOCCO)CC5)C4=O)cc3)sc2c1. The highest BCUT2D eigenvalue weighted by Crippen LogP contribution is 2.33. The van der Waals surface area contributed by atoms with E-state index in [-0.39, 0.29) is 24.8 Å². The number of nitrogens with zero attached hydrogens (tertiary/aromatic N) is 4. The van der Waals surface area contributed by atoms with E-state index in [1.165, 1.54) is 10.5 Å². The smallest absolute Gasteiger partial charge is 0.251 e. The first kappa shape index (κ1) is 24.0. The number of anilines is 1. The van der Waals surface area contributed by atoms with Gasteiger partial charge in [0.2, 0.25) is 5.91 Å². The second-order valence-corrected chi connectivity index (χ2v) is 10.1. The zero-order chi connectivity index (χ0) is 24.4. The van der Waals surface area contributed by atoms with Crippen LogP contribution in [0, 0.1) is 6.92 Å². The van der Waals surface area contributed by atoms with Crippen LogP contribution in [0.5, 0.6) is 0 Å². The number of thiazole rings is 1. The molecule has 0 spiro atoms. The highest BCUT2D eigenvalue weighted by molar-refractivity contribution is 7.21. The molecular formula is C26H30N4O4S. The molecule has 2 aliphatic heterocycles. The van der Waals surface area contributed by atoms with Crippen LogP contribution in [0.1, 0.15) is 12.0 Å². The molecule has 0 saturated carbocycles. The number of benzene rings is 2. The average Bonchev–Trinajstić information content (AvgIpc) is 3.42. The van der Waals surface area contributed by atoms with E-state index in [0.717, 1.165) is 53.5 Å². The largest absolute Gasteiger partial charge is 0.394 e. The van der Waals surface area contributed by atoms with Gasteiger partial charge in [-0.1, -0.05) is 6.07 Å². The summed E-state index contributed by atoms with van der Waals surface area (Å²) >= 11 is 1.64. The van der Waals surface area contributed by atoms with Crippen molar-refractivity contribution in [2.45, 2.75) is 19.4 Å². The predicted octanol–water partition coefficient (Wildman–Crippen LogP) is 2.53. The van der Waals surface area contributed by atoms with Gasteiger partial charge in [0.1, 0.15) is 5.01 Å². The lowest BCUT2D eigenvalue weighted by molar-refractivity contribution is -0.123. The second-order valence-electron chi connectivity index (χ2n) is 9.04. The van der Waals surface area contributed by atoms with E-state index in [0.29, 0.717) is 18.9 Å². The highest BCUT2D eigenvalue weighted by atomic mass is 32.1. The Balaban J connectivity index is 1.22. The summed E-state index contributed by atoms with van der Waals surface area (Å²) in [5, 5.41) is 9.72. The summed E-state index contributed by atoms with van der Waals surface area (Å²) in [6.07, 6.45) is 0.220. The van der Waals surface area contributed by atoms with Crippen molar-refractivity contribution >= 4 is 39.1 Å². The lowest BCUT2D eigenvalue weighted by atomic mass is 10.1. The molecule has 2 saturated heterocycles. The maximum atomic E-state index is 13.2. The molecule has 2 aromatic carbocycles. The Hall–Kier alpha value is -2.69. The normalized spacial score (nSPS) is 19.8. The van der Waals surface area contributed by atoms with Gasteiger partial charge in [0.15, 0.2) is 0 Å². The number of fused-ring (bicyclic) bond motifs is 1. The molecule has 0 bridgehead atoms. The Morgan fingerprint density at radius 1 is 1.06 bits per heavy atom. The van der Waals surface area contributed by atoms with E-state index in [1.54, 1.807) is 11.3 Å². The van der Waals surface area contributed by atoms with Crippen LogP contribution < -0.4 is 4.90 Å². The molecule has 1 N–H and O–H groups in total. The van der Waals surface area contributed by atoms with Gasteiger partial charge in [-0.25, -0.2) is 9.88 Å². The molecule has 2 fully saturated rings. The van der Waals surface area contributed by atoms with Crippen LogP contribution in [0.4, 0.5) is 5.69 Å². The molecule has 2 aliphatic rings. The molecule has 0 radical (unpaired) electrons. The lowest BCUT2D eigenvalue weighted by Gasteiger charge is -2.36. The van der Waals surface area contributed by atoms with Gasteiger partial charge >= 0.3 is 0 Å². The van der Waals surface area contributed by atoms with Gasteiger partial charge in [-0.05, 0) is 48.9 Å². The summed E-state index contributed by atoms with van der Waals surface area (Å²) in [7, 11) is 0. The number of ether oxygens (including phenoxy) is 1. The summed E-state index contributed by atoms with van der Waals surface area (Å²) in [5.74, 6) is -0.291. The van der Waals surface area contributed by atoms with E-state index in [9.17, 15) is 9.59 Å².